The van der Waals surface area contributed by atoms with Crippen molar-refractivity contribution in [3.63, 3.8) is 0 Å². The summed E-state index contributed by atoms with van der Waals surface area (Å²) in [5.41, 5.74) is 3.13. The lowest BCUT2D eigenvalue weighted by Crippen LogP contribution is -2.31. The quantitative estimate of drug-likeness (QED) is 0.446. The number of carbonyl (C=O) groups excluding carboxylic acids is 1. The van der Waals surface area contributed by atoms with Gasteiger partial charge in [0.15, 0.2) is 5.69 Å². The van der Waals surface area contributed by atoms with Gasteiger partial charge in [0.05, 0.1) is 16.9 Å². The van der Waals surface area contributed by atoms with Gasteiger partial charge >= 0.3 is 0 Å². The van der Waals surface area contributed by atoms with E-state index in [0.717, 1.165) is 10.2 Å². The summed E-state index contributed by atoms with van der Waals surface area (Å²) in [5.74, 6) is -0.706. The van der Waals surface area contributed by atoms with Crippen molar-refractivity contribution in [1.29, 1.82) is 5.26 Å². The number of benzene rings is 2. The molecule has 2 aromatic carbocycles. The van der Waals surface area contributed by atoms with Crippen LogP contribution in [0.2, 0.25) is 15.1 Å². The van der Waals surface area contributed by atoms with Crippen LogP contribution in [0.15, 0.2) is 46.3 Å². The zero-order chi connectivity index (χ0) is 22.7. The van der Waals surface area contributed by atoms with Crippen LogP contribution in [0, 0.1) is 25.2 Å². The molecule has 0 spiro atoms. The van der Waals surface area contributed by atoms with Crippen molar-refractivity contribution in [1.82, 2.24) is 15.2 Å². The Hall–Kier alpha value is -3.18. The number of nitriles is 1. The third kappa shape index (κ3) is 4.78. The number of nitrogens with zero attached hydrogens (tertiary/aromatic N) is 4. The number of rotatable bonds is 4. The standard InChI is InChI=1S/C21H14Cl3N5O2/c1-11-3-6-15(8-17(11)23)29-21(31)16(9-25)12(2)19(28-29)20(30)27-26-10-13-4-5-14(22)7-18(13)24/h3-8,10H,1-2H3,(H,27,30)/b26-10+. The number of aromatic nitrogens is 2. The third-order valence-corrected chi connectivity index (χ3v) is 5.37. The SMILES string of the molecule is Cc1ccc(-n2nc(C(=O)N/N=C/c3ccc(Cl)cc3Cl)c(C)c(C#N)c2=O)cc1Cl. The van der Waals surface area contributed by atoms with Crippen LogP contribution in [0.25, 0.3) is 5.69 Å². The summed E-state index contributed by atoms with van der Waals surface area (Å²) in [4.78, 5) is 25.4. The molecule has 0 saturated carbocycles. The second kappa shape index (κ2) is 9.31. The molecule has 0 saturated heterocycles. The summed E-state index contributed by atoms with van der Waals surface area (Å²) in [5, 5.41) is 18.7. The molecule has 1 aromatic heterocycles. The van der Waals surface area contributed by atoms with E-state index in [1.165, 1.54) is 19.2 Å². The second-order valence-corrected chi connectivity index (χ2v) is 7.73. The lowest BCUT2D eigenvalue weighted by molar-refractivity contribution is 0.0947. The molecule has 1 amide bonds. The van der Waals surface area contributed by atoms with E-state index < -0.39 is 11.5 Å². The van der Waals surface area contributed by atoms with Crippen LogP contribution in [0.5, 0.6) is 0 Å². The Kier molecular flexibility index (Phi) is 6.76. The fourth-order valence-electron chi connectivity index (χ4n) is 2.66. The minimum absolute atomic E-state index is 0.132. The fourth-order valence-corrected chi connectivity index (χ4v) is 3.29. The van der Waals surface area contributed by atoms with E-state index in [-0.39, 0.29) is 16.8 Å². The van der Waals surface area contributed by atoms with Gasteiger partial charge in [0, 0.05) is 21.2 Å². The molecular formula is C21H14Cl3N5O2. The molecule has 0 atom stereocenters. The van der Waals surface area contributed by atoms with Crippen LogP contribution >= 0.6 is 34.8 Å². The first-order chi connectivity index (χ1) is 14.7. The van der Waals surface area contributed by atoms with E-state index in [1.807, 2.05) is 13.0 Å². The van der Waals surface area contributed by atoms with Crippen LogP contribution in [-0.4, -0.2) is 21.9 Å². The summed E-state index contributed by atoms with van der Waals surface area (Å²) in [6.07, 6.45) is 1.34. The molecule has 3 aromatic rings. The minimum Gasteiger partial charge on any atom is -0.266 e. The van der Waals surface area contributed by atoms with E-state index in [2.05, 4.69) is 15.6 Å². The maximum atomic E-state index is 12.7. The van der Waals surface area contributed by atoms with Crippen molar-refractivity contribution < 1.29 is 4.79 Å². The molecule has 31 heavy (non-hydrogen) atoms. The van der Waals surface area contributed by atoms with Gasteiger partial charge in [-0.3, -0.25) is 9.59 Å². The van der Waals surface area contributed by atoms with Crippen molar-refractivity contribution in [3.05, 3.63) is 89.8 Å². The van der Waals surface area contributed by atoms with Gasteiger partial charge in [-0.25, -0.2) is 5.43 Å². The van der Waals surface area contributed by atoms with Crippen LogP contribution in [0.3, 0.4) is 0 Å². The second-order valence-electron chi connectivity index (χ2n) is 6.48. The lowest BCUT2D eigenvalue weighted by Gasteiger charge is -2.11. The Bertz CT molecular complexity index is 1330. The molecule has 10 heteroatoms. The Morgan fingerprint density at radius 1 is 1.16 bits per heavy atom. The summed E-state index contributed by atoms with van der Waals surface area (Å²) < 4.78 is 0.964. The van der Waals surface area contributed by atoms with Gasteiger partial charge in [-0.15, -0.1) is 0 Å². The molecule has 0 unspecified atom stereocenters. The van der Waals surface area contributed by atoms with Gasteiger partial charge in [0.25, 0.3) is 11.5 Å². The maximum absolute atomic E-state index is 12.7. The fraction of sp³-hybridized carbons (Fsp3) is 0.0952. The predicted molar refractivity (Wildman–Crippen MR) is 121 cm³/mol. The van der Waals surface area contributed by atoms with Crippen molar-refractivity contribution in [3.8, 4) is 11.8 Å². The minimum atomic E-state index is -0.706. The monoisotopic (exact) mass is 473 g/mol. The molecule has 0 bridgehead atoms. The van der Waals surface area contributed by atoms with Gasteiger partial charge in [-0.2, -0.15) is 20.1 Å². The molecule has 7 nitrogen and oxygen atoms in total. The predicted octanol–water partition coefficient (Wildman–Crippen LogP) is 4.45. The normalized spacial score (nSPS) is 10.8. The molecule has 3 rings (SSSR count). The molecule has 1 N–H and O–H groups in total. The largest absolute Gasteiger partial charge is 0.292 e. The molecule has 1 heterocycles. The number of hydrogen-bond donors (Lipinski definition) is 1. The lowest BCUT2D eigenvalue weighted by atomic mass is 10.1. The van der Waals surface area contributed by atoms with E-state index in [4.69, 9.17) is 34.8 Å². The van der Waals surface area contributed by atoms with Crippen molar-refractivity contribution in [2.75, 3.05) is 0 Å². The highest BCUT2D eigenvalue weighted by Crippen LogP contribution is 2.20. The number of nitrogens with one attached hydrogen (secondary N) is 1. The molecular weight excluding hydrogens is 461 g/mol. The number of carbonyl (C=O) groups is 1. The van der Waals surface area contributed by atoms with Gasteiger partial charge in [-0.1, -0.05) is 46.9 Å². The molecule has 0 fully saturated rings. The topological polar surface area (TPSA) is 100 Å². The summed E-state index contributed by atoms with van der Waals surface area (Å²) in [6.45, 7) is 3.27. The highest BCUT2D eigenvalue weighted by molar-refractivity contribution is 6.36. The molecule has 0 aliphatic rings. The number of aryl methyl sites for hydroxylation is 1. The van der Waals surface area contributed by atoms with Crippen molar-refractivity contribution in [2.24, 2.45) is 5.10 Å². The highest BCUT2D eigenvalue weighted by Gasteiger charge is 2.20. The van der Waals surface area contributed by atoms with Crippen LogP contribution < -0.4 is 11.0 Å². The summed E-state index contributed by atoms with van der Waals surface area (Å²) in [7, 11) is 0. The Balaban J connectivity index is 1.99. The van der Waals surface area contributed by atoms with E-state index in [1.54, 1.807) is 30.3 Å². The summed E-state index contributed by atoms with van der Waals surface area (Å²) in [6, 6.07) is 11.5. The van der Waals surface area contributed by atoms with Gasteiger partial charge in [0.1, 0.15) is 11.6 Å². The average molecular weight is 475 g/mol. The Labute approximate surface area is 192 Å². The first-order valence-electron chi connectivity index (χ1n) is 8.82. The smallest absolute Gasteiger partial charge is 0.266 e. The van der Waals surface area contributed by atoms with Crippen LogP contribution in [0.4, 0.5) is 0 Å². The van der Waals surface area contributed by atoms with E-state index in [0.29, 0.717) is 26.3 Å². The number of hydrazone groups is 1. The average Bonchev–Trinajstić information content (AvgIpc) is 2.72. The van der Waals surface area contributed by atoms with E-state index in [9.17, 15) is 14.9 Å². The van der Waals surface area contributed by atoms with Crippen LogP contribution in [0.1, 0.15) is 32.7 Å². The zero-order valence-electron chi connectivity index (χ0n) is 16.3. The molecule has 156 valence electrons. The first kappa shape index (κ1) is 22.5. The molecule has 0 aliphatic carbocycles. The highest BCUT2D eigenvalue weighted by atomic mass is 35.5. The third-order valence-electron chi connectivity index (χ3n) is 4.40. The number of amides is 1. The van der Waals surface area contributed by atoms with E-state index >= 15 is 0 Å². The van der Waals surface area contributed by atoms with Crippen molar-refractivity contribution in [2.45, 2.75) is 13.8 Å². The maximum Gasteiger partial charge on any atom is 0.292 e. The Morgan fingerprint density at radius 2 is 1.90 bits per heavy atom. The van der Waals surface area contributed by atoms with Crippen molar-refractivity contribution >= 4 is 46.9 Å². The zero-order valence-corrected chi connectivity index (χ0v) is 18.5. The first-order valence-corrected chi connectivity index (χ1v) is 9.95. The van der Waals surface area contributed by atoms with Crippen LogP contribution in [-0.2, 0) is 0 Å². The Morgan fingerprint density at radius 3 is 2.55 bits per heavy atom. The van der Waals surface area contributed by atoms with Gasteiger partial charge in [-0.05, 0) is 43.7 Å². The molecule has 0 radical (unpaired) electrons. The molecule has 0 aliphatic heterocycles. The summed E-state index contributed by atoms with van der Waals surface area (Å²) >= 11 is 18.1. The van der Waals surface area contributed by atoms with Gasteiger partial charge < -0.3 is 0 Å². The number of halogens is 3. The van der Waals surface area contributed by atoms with Gasteiger partial charge in [0.2, 0.25) is 0 Å². The number of hydrogen-bond acceptors (Lipinski definition) is 5.